The first-order chi connectivity index (χ1) is 14.9. The van der Waals surface area contributed by atoms with Crippen molar-refractivity contribution in [3.05, 3.63) is 54.1 Å². The highest BCUT2D eigenvalue weighted by molar-refractivity contribution is 7.86. The van der Waals surface area contributed by atoms with Gasteiger partial charge in [0.1, 0.15) is 17.6 Å². The molecule has 1 saturated heterocycles. The highest BCUT2D eigenvalue weighted by atomic mass is 32.2. The summed E-state index contributed by atoms with van der Waals surface area (Å²) < 4.78 is 34.7. The monoisotopic (exact) mass is 445 g/mol. The zero-order chi connectivity index (χ0) is 22.3. The Morgan fingerprint density at radius 1 is 1.39 bits per heavy atom. The Morgan fingerprint density at radius 3 is 2.87 bits per heavy atom. The third kappa shape index (κ3) is 5.80. The number of ether oxygens (including phenoxy) is 1. The summed E-state index contributed by atoms with van der Waals surface area (Å²) in [5, 5.41) is 16.2. The van der Waals surface area contributed by atoms with E-state index >= 15 is 0 Å². The van der Waals surface area contributed by atoms with Crippen molar-refractivity contribution in [3.63, 3.8) is 0 Å². The van der Waals surface area contributed by atoms with Gasteiger partial charge in [-0.1, -0.05) is 48.6 Å². The van der Waals surface area contributed by atoms with Crippen molar-refractivity contribution in [2.75, 3.05) is 32.5 Å². The lowest BCUT2D eigenvalue weighted by Crippen LogP contribution is -2.45. The second kappa shape index (κ2) is 10.2. The minimum atomic E-state index is -3.82. The van der Waals surface area contributed by atoms with Gasteiger partial charge >= 0.3 is 0 Å². The van der Waals surface area contributed by atoms with Crippen LogP contribution in [-0.2, 0) is 23.8 Å². The van der Waals surface area contributed by atoms with Crippen LogP contribution >= 0.6 is 0 Å². The lowest BCUT2D eigenvalue weighted by Gasteiger charge is -2.37. The number of carbonyl (C=O) groups excluding carboxylic acids is 1. The molecule has 3 atom stereocenters. The molecule has 31 heavy (non-hydrogen) atoms. The van der Waals surface area contributed by atoms with Gasteiger partial charge < -0.3 is 15.4 Å². The van der Waals surface area contributed by atoms with Crippen molar-refractivity contribution in [3.8, 4) is 6.07 Å². The number of nitrogens with zero attached hydrogens (tertiary/aromatic N) is 1. The summed E-state index contributed by atoms with van der Waals surface area (Å²) in [5.41, 5.74) is 0.140. The molecule has 1 aliphatic carbocycles. The summed E-state index contributed by atoms with van der Waals surface area (Å²) in [5.74, 6) is -0.264. The average molecular weight is 446 g/mol. The predicted octanol–water partition coefficient (Wildman–Crippen LogP) is 1.38. The quantitative estimate of drug-likeness (QED) is 0.609. The Morgan fingerprint density at radius 2 is 2.16 bits per heavy atom. The van der Waals surface area contributed by atoms with Crippen LogP contribution in [-0.4, -0.2) is 59.0 Å². The third-order valence-corrected chi connectivity index (χ3v) is 5.89. The summed E-state index contributed by atoms with van der Waals surface area (Å²) in [6, 6.07) is 11.6. The zero-order valence-corrected chi connectivity index (χ0v) is 18.2. The molecule has 2 N–H and O–H groups in total. The molecule has 1 aromatic carbocycles. The number of benzene rings is 1. The van der Waals surface area contributed by atoms with E-state index in [1.54, 1.807) is 18.2 Å². The van der Waals surface area contributed by atoms with E-state index in [0.29, 0.717) is 18.7 Å². The molecule has 0 bridgehead atoms. The molecule has 3 rings (SSSR count). The number of amides is 1. The molecule has 1 amide bonds. The zero-order valence-electron chi connectivity index (χ0n) is 17.4. The smallest absolute Gasteiger partial charge is 0.265 e. The maximum Gasteiger partial charge on any atom is 0.265 e. The molecule has 1 heterocycles. The van der Waals surface area contributed by atoms with Crippen LogP contribution in [0.15, 0.2) is 48.6 Å². The second-order valence-electron chi connectivity index (χ2n) is 7.59. The largest absolute Gasteiger partial charge is 0.367 e. The highest BCUT2D eigenvalue weighted by Crippen LogP contribution is 2.45. The van der Waals surface area contributed by atoms with Gasteiger partial charge in [-0.25, -0.2) is 0 Å². The van der Waals surface area contributed by atoms with Gasteiger partial charge in [0, 0.05) is 19.7 Å². The van der Waals surface area contributed by atoms with Gasteiger partial charge in [0.05, 0.1) is 12.3 Å². The topological polar surface area (TPSA) is 118 Å². The average Bonchev–Trinajstić information content (AvgIpc) is 3.04. The van der Waals surface area contributed by atoms with Crippen molar-refractivity contribution >= 4 is 21.6 Å². The highest BCUT2D eigenvalue weighted by Gasteiger charge is 2.45. The molecule has 0 saturated carbocycles. The number of carbonyl (C=O) groups is 1. The molecule has 0 radical (unpaired) electrons. The van der Waals surface area contributed by atoms with Gasteiger partial charge in [-0.05, 0) is 30.5 Å². The van der Waals surface area contributed by atoms with Crippen LogP contribution in [0.5, 0.6) is 0 Å². The van der Waals surface area contributed by atoms with Crippen molar-refractivity contribution in [1.82, 2.24) is 10.6 Å². The van der Waals surface area contributed by atoms with Crippen LogP contribution in [0, 0.1) is 16.7 Å². The van der Waals surface area contributed by atoms with Crippen molar-refractivity contribution < 1.29 is 22.1 Å². The van der Waals surface area contributed by atoms with Crippen molar-refractivity contribution in [2.24, 2.45) is 5.41 Å². The number of nitrogens with one attached hydrogen (secondary N) is 2. The predicted molar refractivity (Wildman–Crippen MR) is 116 cm³/mol. The summed E-state index contributed by atoms with van der Waals surface area (Å²) in [6.07, 6.45) is 5.40. The van der Waals surface area contributed by atoms with E-state index in [9.17, 15) is 18.5 Å². The van der Waals surface area contributed by atoms with Gasteiger partial charge in [0.15, 0.2) is 0 Å². The molecule has 166 valence electrons. The molecule has 1 aliphatic heterocycles. The molecule has 9 heteroatoms. The molecule has 2 aliphatic rings. The Balaban J connectivity index is 1.82. The van der Waals surface area contributed by atoms with E-state index in [-0.39, 0.29) is 18.9 Å². The van der Waals surface area contributed by atoms with Crippen LogP contribution in [0.1, 0.15) is 18.4 Å². The standard InChI is InChI=1S/C22H27N3O5S/c1-31(27,28)30-20-10-5-9-18(17-7-3-2-4-8-17)22(20,16-23)11-13-25-21(26)19-15-24-12-6-14-29-19/h2-5,7-10,19-20,24H,6,11-15H2,1H3,(H,25,26)/t19-,20?,22+/m0/s1. The molecule has 0 spiro atoms. The number of nitriles is 1. The van der Waals surface area contributed by atoms with Crippen LogP contribution in [0.3, 0.4) is 0 Å². The lowest BCUT2D eigenvalue weighted by atomic mass is 9.69. The van der Waals surface area contributed by atoms with Gasteiger partial charge in [-0.15, -0.1) is 0 Å². The van der Waals surface area contributed by atoms with Crippen LogP contribution < -0.4 is 10.6 Å². The minimum absolute atomic E-state index is 0.161. The molecule has 8 nitrogen and oxygen atoms in total. The fourth-order valence-electron chi connectivity index (χ4n) is 3.83. The maximum atomic E-state index is 12.5. The lowest BCUT2D eigenvalue weighted by molar-refractivity contribution is -0.132. The normalized spacial score (nSPS) is 26.4. The van der Waals surface area contributed by atoms with Gasteiger partial charge in [-0.3, -0.25) is 8.98 Å². The molecule has 1 aromatic rings. The van der Waals surface area contributed by atoms with Crippen molar-refractivity contribution in [1.29, 1.82) is 5.26 Å². The first-order valence-electron chi connectivity index (χ1n) is 10.2. The maximum absolute atomic E-state index is 12.5. The Labute approximate surface area is 183 Å². The fraction of sp³-hybridized carbons (Fsp3) is 0.455. The number of rotatable bonds is 7. The van der Waals surface area contributed by atoms with Crippen molar-refractivity contribution in [2.45, 2.75) is 25.0 Å². The first-order valence-corrected chi connectivity index (χ1v) is 12.0. The summed E-state index contributed by atoms with van der Waals surface area (Å²) in [4.78, 5) is 12.5. The molecule has 0 aromatic heterocycles. The number of hydrogen-bond donors (Lipinski definition) is 2. The third-order valence-electron chi connectivity index (χ3n) is 5.34. The van der Waals surface area contributed by atoms with E-state index in [0.717, 1.165) is 24.8 Å². The van der Waals surface area contributed by atoms with Crippen LogP contribution in [0.2, 0.25) is 0 Å². The van der Waals surface area contributed by atoms with E-state index in [4.69, 9.17) is 8.92 Å². The summed E-state index contributed by atoms with van der Waals surface area (Å²) in [7, 11) is -3.82. The Bertz CT molecular complexity index is 976. The summed E-state index contributed by atoms with van der Waals surface area (Å²) >= 11 is 0. The van der Waals surface area contributed by atoms with E-state index < -0.39 is 27.7 Å². The molecular weight excluding hydrogens is 418 g/mol. The fourth-order valence-corrected chi connectivity index (χ4v) is 4.43. The van der Waals surface area contributed by atoms with E-state index in [1.165, 1.54) is 0 Å². The minimum Gasteiger partial charge on any atom is -0.367 e. The van der Waals surface area contributed by atoms with Crippen LogP contribution in [0.25, 0.3) is 5.57 Å². The molecule has 1 fully saturated rings. The van der Waals surface area contributed by atoms with E-state index in [2.05, 4.69) is 16.7 Å². The number of allylic oxidation sites excluding steroid dienone is 2. The Kier molecular flexibility index (Phi) is 7.62. The summed E-state index contributed by atoms with van der Waals surface area (Å²) in [6.45, 7) is 1.88. The van der Waals surface area contributed by atoms with Gasteiger partial charge in [-0.2, -0.15) is 13.7 Å². The second-order valence-corrected chi connectivity index (χ2v) is 9.19. The van der Waals surface area contributed by atoms with Gasteiger partial charge in [0.25, 0.3) is 10.1 Å². The number of hydrogen-bond acceptors (Lipinski definition) is 7. The van der Waals surface area contributed by atoms with Gasteiger partial charge in [0.2, 0.25) is 5.91 Å². The van der Waals surface area contributed by atoms with Crippen LogP contribution in [0.4, 0.5) is 0 Å². The first kappa shape index (κ1) is 23.2. The SMILES string of the molecule is CS(=O)(=O)OC1C=CC=C(c2ccccc2)[C@]1(C#N)CCNC(=O)[C@@H]1CNCCCO1. The van der Waals surface area contributed by atoms with E-state index in [1.807, 2.05) is 30.3 Å². The molecule has 1 unspecified atom stereocenters. The Hall–Kier alpha value is -2.51. The molecular formula is C22H27N3O5S.